The van der Waals surface area contributed by atoms with Crippen molar-refractivity contribution in [3.05, 3.63) is 76.4 Å². The number of hydrogen-bond donors (Lipinski definition) is 0. The molecule has 0 unspecified atom stereocenters. The highest BCUT2D eigenvalue weighted by molar-refractivity contribution is 5.48. The smallest absolute Gasteiger partial charge is 0.269 e. The maximum atomic E-state index is 10.2. The Kier molecular flexibility index (Phi) is 5.97. The summed E-state index contributed by atoms with van der Waals surface area (Å²) >= 11 is 0. The molecule has 2 aromatic carbocycles. The summed E-state index contributed by atoms with van der Waals surface area (Å²) in [6.45, 7) is 5.47. The van der Waals surface area contributed by atoms with Crippen LogP contribution in [-0.2, 0) is 0 Å². The largest absolute Gasteiger partial charge is 0.497 e. The van der Waals surface area contributed by atoms with Gasteiger partial charge >= 0.3 is 0 Å². The van der Waals surface area contributed by atoms with Gasteiger partial charge < -0.3 is 4.74 Å². The van der Waals surface area contributed by atoms with Crippen molar-refractivity contribution >= 4 is 11.8 Å². The number of rotatable bonds is 3. The van der Waals surface area contributed by atoms with E-state index in [4.69, 9.17) is 4.74 Å². The lowest BCUT2D eigenvalue weighted by atomic mass is 10.2. The standard InChI is InChI=1S/C9H10O.C7H7NO2/c1-3-8-4-6-9(10-2)7-5-8;1-6-3-2-4-7(5-6)8(9)10/h3-7H,1H2,2H3;2-5H,1H3. The number of hydrogen-bond acceptors (Lipinski definition) is 3. The molecule has 0 aliphatic rings. The molecule has 0 saturated carbocycles. The molecular weight excluding hydrogens is 254 g/mol. The van der Waals surface area contributed by atoms with E-state index in [-0.39, 0.29) is 5.69 Å². The number of aryl methyl sites for hydroxylation is 1. The minimum Gasteiger partial charge on any atom is -0.497 e. The Labute approximate surface area is 118 Å². The number of nitro groups is 1. The molecule has 104 valence electrons. The van der Waals surface area contributed by atoms with Gasteiger partial charge in [0.2, 0.25) is 0 Å². The van der Waals surface area contributed by atoms with Crippen LogP contribution in [0, 0.1) is 17.0 Å². The van der Waals surface area contributed by atoms with Crippen molar-refractivity contribution < 1.29 is 9.66 Å². The van der Waals surface area contributed by atoms with E-state index in [0.29, 0.717) is 0 Å². The number of nitrogens with zero attached hydrogens (tertiary/aromatic N) is 1. The van der Waals surface area contributed by atoms with Crippen LogP contribution in [0.5, 0.6) is 5.75 Å². The molecule has 0 amide bonds. The zero-order valence-corrected chi connectivity index (χ0v) is 11.6. The zero-order valence-electron chi connectivity index (χ0n) is 11.6. The van der Waals surface area contributed by atoms with E-state index < -0.39 is 4.92 Å². The fraction of sp³-hybridized carbons (Fsp3) is 0.125. The number of benzene rings is 2. The third-order valence-corrected chi connectivity index (χ3v) is 2.56. The molecule has 0 heterocycles. The molecule has 0 aliphatic heterocycles. The fourth-order valence-electron chi connectivity index (χ4n) is 1.48. The molecule has 0 bridgehead atoms. The minimum absolute atomic E-state index is 0.153. The van der Waals surface area contributed by atoms with Gasteiger partial charge in [-0.25, -0.2) is 0 Å². The Hall–Kier alpha value is -2.62. The predicted octanol–water partition coefficient (Wildman–Crippen LogP) is 4.24. The van der Waals surface area contributed by atoms with Crippen molar-refractivity contribution in [3.63, 3.8) is 0 Å². The average molecular weight is 271 g/mol. The van der Waals surface area contributed by atoms with Crippen molar-refractivity contribution in [2.75, 3.05) is 7.11 Å². The van der Waals surface area contributed by atoms with Gasteiger partial charge in [0.1, 0.15) is 5.75 Å². The van der Waals surface area contributed by atoms with E-state index >= 15 is 0 Å². The highest BCUT2D eigenvalue weighted by atomic mass is 16.6. The van der Waals surface area contributed by atoms with Crippen LogP contribution in [0.3, 0.4) is 0 Å². The van der Waals surface area contributed by atoms with E-state index in [0.717, 1.165) is 16.9 Å². The van der Waals surface area contributed by atoms with Gasteiger partial charge in [-0.3, -0.25) is 10.1 Å². The lowest BCUT2D eigenvalue weighted by Crippen LogP contribution is -1.86. The van der Waals surface area contributed by atoms with Crippen LogP contribution in [0.4, 0.5) is 5.69 Å². The molecule has 0 aromatic heterocycles. The molecule has 0 spiro atoms. The van der Waals surface area contributed by atoms with Gasteiger partial charge in [-0.15, -0.1) is 0 Å². The van der Waals surface area contributed by atoms with Crippen LogP contribution < -0.4 is 4.74 Å². The van der Waals surface area contributed by atoms with Gasteiger partial charge in [0.15, 0.2) is 0 Å². The lowest BCUT2D eigenvalue weighted by molar-refractivity contribution is -0.384. The Morgan fingerprint density at radius 2 is 1.85 bits per heavy atom. The first-order chi connectivity index (χ1) is 9.56. The van der Waals surface area contributed by atoms with Crippen molar-refractivity contribution in [2.45, 2.75) is 6.92 Å². The Bertz CT molecular complexity index is 577. The molecular formula is C16H17NO3. The van der Waals surface area contributed by atoms with Gasteiger partial charge in [0, 0.05) is 12.1 Å². The van der Waals surface area contributed by atoms with Gasteiger partial charge in [0.05, 0.1) is 12.0 Å². The summed E-state index contributed by atoms with van der Waals surface area (Å²) < 4.78 is 4.98. The summed E-state index contributed by atoms with van der Waals surface area (Å²) in [6, 6.07) is 14.3. The van der Waals surface area contributed by atoms with E-state index in [1.165, 1.54) is 6.07 Å². The summed E-state index contributed by atoms with van der Waals surface area (Å²) in [7, 11) is 1.66. The highest BCUT2D eigenvalue weighted by Gasteiger charge is 2.01. The second-order valence-corrected chi connectivity index (χ2v) is 4.07. The number of nitro benzene ring substituents is 1. The molecule has 0 radical (unpaired) electrons. The van der Waals surface area contributed by atoms with E-state index in [1.54, 1.807) is 25.3 Å². The maximum absolute atomic E-state index is 10.2. The van der Waals surface area contributed by atoms with Gasteiger partial charge in [-0.1, -0.05) is 36.9 Å². The van der Waals surface area contributed by atoms with Gasteiger partial charge in [-0.05, 0) is 30.2 Å². The van der Waals surface area contributed by atoms with Crippen LogP contribution in [-0.4, -0.2) is 12.0 Å². The van der Waals surface area contributed by atoms with Crippen LogP contribution in [0.25, 0.3) is 6.08 Å². The first-order valence-electron chi connectivity index (χ1n) is 6.04. The highest BCUT2D eigenvalue weighted by Crippen LogP contribution is 2.12. The quantitative estimate of drug-likeness (QED) is 0.619. The third kappa shape index (κ3) is 4.94. The topological polar surface area (TPSA) is 52.4 Å². The minimum atomic E-state index is -0.396. The van der Waals surface area contributed by atoms with Crippen LogP contribution in [0.15, 0.2) is 55.1 Å². The molecule has 2 rings (SSSR count). The number of methoxy groups -OCH3 is 1. The Morgan fingerprint density at radius 3 is 2.25 bits per heavy atom. The number of ether oxygens (including phenoxy) is 1. The summed E-state index contributed by atoms with van der Waals surface area (Å²) in [5.74, 6) is 0.880. The molecule has 4 nitrogen and oxygen atoms in total. The Balaban J connectivity index is 0.000000200. The molecule has 2 aromatic rings. The van der Waals surface area contributed by atoms with Crippen molar-refractivity contribution in [3.8, 4) is 5.75 Å². The van der Waals surface area contributed by atoms with Crippen LogP contribution in [0.2, 0.25) is 0 Å². The van der Waals surface area contributed by atoms with Crippen molar-refractivity contribution in [2.24, 2.45) is 0 Å². The first-order valence-corrected chi connectivity index (χ1v) is 6.04. The van der Waals surface area contributed by atoms with Gasteiger partial charge in [-0.2, -0.15) is 0 Å². The monoisotopic (exact) mass is 271 g/mol. The number of non-ortho nitro benzene ring substituents is 1. The fourth-order valence-corrected chi connectivity index (χ4v) is 1.48. The molecule has 0 saturated heterocycles. The molecule has 20 heavy (non-hydrogen) atoms. The summed E-state index contributed by atoms with van der Waals surface area (Å²) in [5, 5.41) is 10.2. The van der Waals surface area contributed by atoms with E-state index in [9.17, 15) is 10.1 Å². The summed E-state index contributed by atoms with van der Waals surface area (Å²) in [6.07, 6.45) is 1.80. The second kappa shape index (κ2) is 7.74. The van der Waals surface area contributed by atoms with Crippen molar-refractivity contribution in [1.29, 1.82) is 0 Å². The van der Waals surface area contributed by atoms with Crippen molar-refractivity contribution in [1.82, 2.24) is 0 Å². The third-order valence-electron chi connectivity index (χ3n) is 2.56. The molecule has 0 atom stereocenters. The SMILES string of the molecule is C=Cc1ccc(OC)cc1.Cc1cccc([N+](=O)[O-])c1. The maximum Gasteiger partial charge on any atom is 0.269 e. The second-order valence-electron chi connectivity index (χ2n) is 4.07. The molecule has 4 heteroatoms. The predicted molar refractivity (Wildman–Crippen MR) is 80.9 cm³/mol. The van der Waals surface area contributed by atoms with Crippen LogP contribution >= 0.6 is 0 Å². The molecule has 0 N–H and O–H groups in total. The van der Waals surface area contributed by atoms with E-state index in [1.807, 2.05) is 37.3 Å². The summed E-state index contributed by atoms with van der Waals surface area (Å²) in [4.78, 5) is 9.76. The van der Waals surface area contributed by atoms with Gasteiger partial charge in [0.25, 0.3) is 5.69 Å². The van der Waals surface area contributed by atoms with Crippen LogP contribution in [0.1, 0.15) is 11.1 Å². The lowest BCUT2D eigenvalue weighted by Gasteiger charge is -1.97. The summed E-state index contributed by atoms with van der Waals surface area (Å²) in [5.41, 5.74) is 2.18. The molecule has 0 aliphatic carbocycles. The normalized spacial score (nSPS) is 9.10. The Morgan fingerprint density at radius 1 is 1.20 bits per heavy atom. The first kappa shape index (κ1) is 15.4. The van der Waals surface area contributed by atoms with E-state index in [2.05, 4.69) is 6.58 Å². The zero-order chi connectivity index (χ0) is 15.0. The molecule has 0 fully saturated rings. The average Bonchev–Trinajstić information content (AvgIpc) is 2.48.